The molecular formula is C15H21F3N2O2. The molecule has 0 bridgehead atoms. The minimum Gasteiger partial charge on any atom is -0.405 e. The van der Waals surface area contributed by atoms with Crippen LogP contribution in [0.5, 0.6) is 5.75 Å². The molecule has 0 spiro atoms. The van der Waals surface area contributed by atoms with Crippen LogP contribution in [0.1, 0.15) is 18.4 Å². The number of likely N-dealkylation sites (tertiary alicyclic amines) is 1. The molecule has 0 radical (unpaired) electrons. The maximum atomic E-state index is 12.3. The van der Waals surface area contributed by atoms with Crippen molar-refractivity contribution in [3.05, 3.63) is 29.8 Å². The molecule has 0 saturated carbocycles. The minimum absolute atomic E-state index is 0.212. The summed E-state index contributed by atoms with van der Waals surface area (Å²) in [5.41, 5.74) is 0.410. The monoisotopic (exact) mass is 318 g/mol. The van der Waals surface area contributed by atoms with Gasteiger partial charge in [-0.25, -0.2) is 0 Å². The Labute approximate surface area is 127 Å². The Balaban J connectivity index is 1.78. The zero-order valence-corrected chi connectivity index (χ0v) is 12.3. The Morgan fingerprint density at radius 1 is 1.23 bits per heavy atom. The lowest BCUT2D eigenvalue weighted by Gasteiger charge is -2.20. The van der Waals surface area contributed by atoms with Gasteiger partial charge in [-0.2, -0.15) is 0 Å². The number of alkyl halides is 3. The Hall–Kier alpha value is -1.31. The van der Waals surface area contributed by atoms with Crippen LogP contribution < -0.4 is 10.1 Å². The van der Waals surface area contributed by atoms with Crippen LogP contribution in [-0.4, -0.2) is 48.7 Å². The Kier molecular flexibility index (Phi) is 6.05. The molecule has 1 aromatic carbocycles. The summed E-state index contributed by atoms with van der Waals surface area (Å²) in [6, 6.07) is 6.00. The molecule has 1 fully saturated rings. The van der Waals surface area contributed by atoms with Gasteiger partial charge in [0.1, 0.15) is 5.75 Å². The molecule has 0 aliphatic carbocycles. The lowest BCUT2D eigenvalue weighted by atomic mass is 10.2. The van der Waals surface area contributed by atoms with Gasteiger partial charge in [-0.15, -0.1) is 13.2 Å². The van der Waals surface area contributed by atoms with E-state index < -0.39 is 12.5 Å². The van der Waals surface area contributed by atoms with Crippen LogP contribution in [-0.2, 0) is 6.54 Å². The molecule has 1 aromatic rings. The minimum atomic E-state index is -4.70. The highest BCUT2D eigenvalue weighted by atomic mass is 19.4. The fourth-order valence-electron chi connectivity index (χ4n) is 2.58. The first-order valence-corrected chi connectivity index (χ1v) is 7.39. The second-order valence-corrected chi connectivity index (χ2v) is 5.45. The van der Waals surface area contributed by atoms with Crippen LogP contribution >= 0.6 is 0 Å². The van der Waals surface area contributed by atoms with E-state index in [1.165, 1.54) is 12.1 Å². The normalized spacial score (nSPS) is 17.6. The van der Waals surface area contributed by atoms with Crippen molar-refractivity contribution in [2.45, 2.75) is 31.9 Å². The predicted octanol–water partition coefficient (Wildman–Crippen LogP) is 2.13. The summed E-state index contributed by atoms with van der Waals surface area (Å²) >= 11 is 0. The first-order valence-electron chi connectivity index (χ1n) is 7.39. The maximum Gasteiger partial charge on any atom is 0.573 e. The summed E-state index contributed by atoms with van der Waals surface area (Å²) in [6.07, 6.45) is -2.93. The van der Waals surface area contributed by atoms with Crippen LogP contribution in [0.2, 0.25) is 0 Å². The zero-order chi connectivity index (χ0) is 16.0. The number of aliphatic hydroxyl groups is 1. The third-order valence-corrected chi connectivity index (χ3v) is 3.56. The topological polar surface area (TPSA) is 44.7 Å². The number of hydrogen-bond acceptors (Lipinski definition) is 4. The first-order chi connectivity index (χ1) is 10.4. The second-order valence-electron chi connectivity index (χ2n) is 5.45. The quantitative estimate of drug-likeness (QED) is 0.808. The average Bonchev–Trinajstić information content (AvgIpc) is 2.92. The van der Waals surface area contributed by atoms with Crippen molar-refractivity contribution < 1.29 is 23.0 Å². The molecule has 1 saturated heterocycles. The summed E-state index contributed by atoms with van der Waals surface area (Å²) in [6.45, 7) is 3.13. The van der Waals surface area contributed by atoms with E-state index in [1.54, 1.807) is 12.1 Å². The smallest absolute Gasteiger partial charge is 0.405 e. The van der Waals surface area contributed by atoms with E-state index in [2.05, 4.69) is 15.0 Å². The number of nitrogens with one attached hydrogen (secondary N) is 1. The SMILES string of the molecule is OC(CNCc1ccccc1OC(F)(F)F)CN1CCCC1. The molecule has 2 rings (SSSR count). The number of benzene rings is 1. The van der Waals surface area contributed by atoms with Gasteiger partial charge in [0.15, 0.2) is 0 Å². The molecular weight excluding hydrogens is 297 g/mol. The van der Waals surface area contributed by atoms with E-state index in [-0.39, 0.29) is 12.3 Å². The van der Waals surface area contributed by atoms with E-state index in [1.807, 2.05) is 0 Å². The number of halogens is 3. The lowest BCUT2D eigenvalue weighted by Crippen LogP contribution is -2.36. The van der Waals surface area contributed by atoms with Crippen molar-refractivity contribution in [1.29, 1.82) is 0 Å². The van der Waals surface area contributed by atoms with Gasteiger partial charge in [-0.1, -0.05) is 18.2 Å². The summed E-state index contributed by atoms with van der Waals surface area (Å²) in [4.78, 5) is 2.19. The molecule has 7 heteroatoms. The number of rotatable bonds is 7. The molecule has 124 valence electrons. The maximum absolute atomic E-state index is 12.3. The Bertz CT molecular complexity index is 462. The second kappa shape index (κ2) is 7.80. The van der Waals surface area contributed by atoms with Gasteiger partial charge in [-0.05, 0) is 32.0 Å². The number of nitrogens with zero attached hydrogens (tertiary/aromatic N) is 1. The average molecular weight is 318 g/mol. The molecule has 4 nitrogen and oxygen atoms in total. The molecule has 1 aliphatic heterocycles. The van der Waals surface area contributed by atoms with Crippen LogP contribution in [0.4, 0.5) is 13.2 Å². The Morgan fingerprint density at radius 3 is 2.59 bits per heavy atom. The molecule has 2 N–H and O–H groups in total. The van der Waals surface area contributed by atoms with Crippen molar-refractivity contribution in [1.82, 2.24) is 10.2 Å². The van der Waals surface area contributed by atoms with E-state index in [4.69, 9.17) is 0 Å². The molecule has 0 aromatic heterocycles. The summed E-state index contributed by atoms with van der Waals surface area (Å²) in [7, 11) is 0. The predicted molar refractivity (Wildman–Crippen MR) is 76.5 cm³/mol. The van der Waals surface area contributed by atoms with Crippen LogP contribution in [0.3, 0.4) is 0 Å². The van der Waals surface area contributed by atoms with E-state index in [9.17, 15) is 18.3 Å². The van der Waals surface area contributed by atoms with Gasteiger partial charge >= 0.3 is 6.36 Å². The highest BCUT2D eigenvalue weighted by molar-refractivity contribution is 5.33. The standard InChI is InChI=1S/C15H21F3N2O2/c16-15(17,18)22-14-6-2-1-5-12(14)9-19-10-13(21)11-20-7-3-4-8-20/h1-2,5-6,13,19,21H,3-4,7-11H2. The lowest BCUT2D eigenvalue weighted by molar-refractivity contribution is -0.274. The van der Waals surface area contributed by atoms with Gasteiger partial charge in [0, 0.05) is 25.2 Å². The molecule has 1 atom stereocenters. The van der Waals surface area contributed by atoms with Crippen molar-refractivity contribution in [2.75, 3.05) is 26.2 Å². The molecule has 0 amide bonds. The van der Waals surface area contributed by atoms with Crippen molar-refractivity contribution in [3.63, 3.8) is 0 Å². The van der Waals surface area contributed by atoms with Crippen LogP contribution in [0.15, 0.2) is 24.3 Å². The Morgan fingerprint density at radius 2 is 1.91 bits per heavy atom. The van der Waals surface area contributed by atoms with Crippen molar-refractivity contribution in [3.8, 4) is 5.75 Å². The highest BCUT2D eigenvalue weighted by Gasteiger charge is 2.31. The number of β-amino-alcohol motifs (C(OH)–C–C–N with tert-alkyl or cyclic N) is 1. The van der Waals surface area contributed by atoms with Crippen LogP contribution in [0, 0.1) is 0 Å². The van der Waals surface area contributed by atoms with E-state index in [0.29, 0.717) is 18.7 Å². The highest BCUT2D eigenvalue weighted by Crippen LogP contribution is 2.26. The van der Waals surface area contributed by atoms with Crippen molar-refractivity contribution >= 4 is 0 Å². The summed E-state index contributed by atoms with van der Waals surface area (Å²) in [5.74, 6) is -0.212. The molecule has 22 heavy (non-hydrogen) atoms. The fourth-order valence-corrected chi connectivity index (χ4v) is 2.58. The van der Waals surface area contributed by atoms with Crippen molar-refractivity contribution in [2.24, 2.45) is 0 Å². The number of ether oxygens (including phenoxy) is 1. The molecule has 1 aliphatic rings. The first kappa shape index (κ1) is 17.1. The largest absolute Gasteiger partial charge is 0.573 e. The van der Waals surface area contributed by atoms with Gasteiger partial charge in [-0.3, -0.25) is 0 Å². The summed E-state index contributed by atoms with van der Waals surface area (Å²) in [5, 5.41) is 12.9. The van der Waals surface area contributed by atoms with Crippen LogP contribution in [0.25, 0.3) is 0 Å². The zero-order valence-electron chi connectivity index (χ0n) is 12.3. The van der Waals surface area contributed by atoms with Gasteiger partial charge in [0.2, 0.25) is 0 Å². The number of hydrogen-bond donors (Lipinski definition) is 2. The fraction of sp³-hybridized carbons (Fsp3) is 0.600. The number of para-hydroxylation sites is 1. The van der Waals surface area contributed by atoms with Gasteiger partial charge in [0.05, 0.1) is 6.10 Å². The van der Waals surface area contributed by atoms with E-state index >= 15 is 0 Å². The third-order valence-electron chi connectivity index (χ3n) is 3.56. The van der Waals surface area contributed by atoms with Gasteiger partial charge < -0.3 is 20.1 Å². The third kappa shape index (κ3) is 5.82. The van der Waals surface area contributed by atoms with E-state index in [0.717, 1.165) is 25.9 Å². The molecule has 1 heterocycles. The number of aliphatic hydroxyl groups excluding tert-OH is 1. The molecule has 1 unspecified atom stereocenters. The van der Waals surface area contributed by atoms with Gasteiger partial charge in [0.25, 0.3) is 0 Å². The summed E-state index contributed by atoms with van der Waals surface area (Å²) < 4.78 is 40.9.